The van der Waals surface area contributed by atoms with Crippen LogP contribution in [0.1, 0.15) is 21.9 Å². The number of carbonyl (C=O) groups is 1. The second-order valence-corrected chi connectivity index (χ2v) is 8.49. The van der Waals surface area contributed by atoms with Gasteiger partial charge in [0.05, 0.1) is 10.6 Å². The van der Waals surface area contributed by atoms with Crippen LogP contribution in [0.2, 0.25) is 0 Å². The molecule has 0 aliphatic rings. The third kappa shape index (κ3) is 3.80. The Labute approximate surface area is 149 Å². The number of hydrogen-bond acceptors (Lipinski definition) is 6. The number of nitrogens with zero attached hydrogens (tertiary/aromatic N) is 1. The van der Waals surface area contributed by atoms with Crippen molar-refractivity contribution in [3.8, 4) is 11.3 Å². The molecule has 1 aromatic carbocycles. The van der Waals surface area contributed by atoms with Crippen molar-refractivity contribution in [3.05, 3.63) is 52.8 Å². The van der Waals surface area contributed by atoms with Crippen LogP contribution in [-0.2, 0) is 9.84 Å². The van der Waals surface area contributed by atoms with Crippen molar-refractivity contribution < 1.29 is 17.6 Å². The average molecular weight is 376 g/mol. The van der Waals surface area contributed by atoms with Gasteiger partial charge >= 0.3 is 0 Å². The molecule has 0 bridgehead atoms. The van der Waals surface area contributed by atoms with Gasteiger partial charge in [0.2, 0.25) is 0 Å². The van der Waals surface area contributed by atoms with Gasteiger partial charge in [0, 0.05) is 22.8 Å². The summed E-state index contributed by atoms with van der Waals surface area (Å²) in [7, 11) is -3.28. The molecule has 0 radical (unpaired) electrons. The molecule has 0 unspecified atom stereocenters. The molecule has 130 valence electrons. The minimum atomic E-state index is -3.28. The molecule has 0 aliphatic heterocycles. The molecule has 0 atom stereocenters. The maximum atomic E-state index is 12.3. The molecule has 3 aromatic rings. The van der Waals surface area contributed by atoms with Crippen molar-refractivity contribution in [2.24, 2.45) is 0 Å². The van der Waals surface area contributed by atoms with Crippen LogP contribution in [-0.4, -0.2) is 25.6 Å². The minimum absolute atomic E-state index is 0.173. The fraction of sp³-hybridized carbons (Fsp3) is 0.176. The van der Waals surface area contributed by atoms with Crippen LogP contribution in [0.4, 0.5) is 5.13 Å². The van der Waals surface area contributed by atoms with Crippen LogP contribution in [0.25, 0.3) is 11.3 Å². The van der Waals surface area contributed by atoms with Crippen molar-refractivity contribution >= 4 is 32.2 Å². The summed E-state index contributed by atoms with van der Waals surface area (Å²) in [6.07, 6.45) is 1.12. The first kappa shape index (κ1) is 17.4. The van der Waals surface area contributed by atoms with Gasteiger partial charge in [-0.05, 0) is 44.2 Å². The molecule has 0 aliphatic carbocycles. The Kier molecular flexibility index (Phi) is 4.49. The van der Waals surface area contributed by atoms with Gasteiger partial charge in [0.15, 0.2) is 15.0 Å². The van der Waals surface area contributed by atoms with Gasteiger partial charge < -0.3 is 4.42 Å². The number of benzene rings is 1. The number of anilines is 1. The van der Waals surface area contributed by atoms with Crippen LogP contribution < -0.4 is 5.32 Å². The summed E-state index contributed by atoms with van der Waals surface area (Å²) >= 11 is 1.31. The number of hydrogen-bond donors (Lipinski definition) is 1. The van der Waals surface area contributed by atoms with Crippen molar-refractivity contribution in [2.45, 2.75) is 18.7 Å². The van der Waals surface area contributed by atoms with E-state index in [9.17, 15) is 13.2 Å². The highest BCUT2D eigenvalue weighted by atomic mass is 32.2. The van der Waals surface area contributed by atoms with Crippen molar-refractivity contribution in [1.29, 1.82) is 0 Å². The second kappa shape index (κ2) is 6.45. The lowest BCUT2D eigenvalue weighted by molar-refractivity contribution is 0.102. The van der Waals surface area contributed by atoms with Crippen LogP contribution >= 0.6 is 11.3 Å². The van der Waals surface area contributed by atoms with E-state index in [0.717, 1.165) is 29.0 Å². The van der Waals surface area contributed by atoms with Crippen molar-refractivity contribution in [1.82, 2.24) is 4.98 Å². The van der Waals surface area contributed by atoms with Crippen LogP contribution in [0, 0.1) is 13.8 Å². The Bertz CT molecular complexity index is 1030. The molecule has 25 heavy (non-hydrogen) atoms. The first-order chi connectivity index (χ1) is 11.7. The van der Waals surface area contributed by atoms with E-state index in [2.05, 4.69) is 10.3 Å². The standard InChI is InChI=1S/C17H16N2O4S2/c1-10-8-14(11(2)23-10)15-9-24-17(18-15)19-16(20)12-4-6-13(7-5-12)25(3,21)22/h4-9H,1-3H3,(H,18,19,20). The first-order valence-corrected chi connectivity index (χ1v) is 10.2. The maximum Gasteiger partial charge on any atom is 0.257 e. The molecule has 1 N–H and O–H groups in total. The lowest BCUT2D eigenvalue weighted by atomic mass is 10.2. The number of aryl methyl sites for hydroxylation is 2. The smallest absolute Gasteiger partial charge is 0.257 e. The van der Waals surface area contributed by atoms with E-state index in [1.807, 2.05) is 25.3 Å². The van der Waals surface area contributed by atoms with Crippen LogP contribution in [0.3, 0.4) is 0 Å². The molecule has 8 heteroatoms. The fourth-order valence-electron chi connectivity index (χ4n) is 2.36. The highest BCUT2D eigenvalue weighted by molar-refractivity contribution is 7.90. The molecule has 2 aromatic heterocycles. The zero-order valence-electron chi connectivity index (χ0n) is 13.9. The van der Waals surface area contributed by atoms with E-state index in [0.29, 0.717) is 10.7 Å². The summed E-state index contributed by atoms with van der Waals surface area (Å²) in [5.74, 6) is 1.23. The summed E-state index contributed by atoms with van der Waals surface area (Å²) in [4.78, 5) is 16.9. The van der Waals surface area contributed by atoms with E-state index >= 15 is 0 Å². The zero-order valence-corrected chi connectivity index (χ0v) is 15.5. The Morgan fingerprint density at radius 3 is 2.44 bits per heavy atom. The van der Waals surface area contributed by atoms with Gasteiger partial charge in [0.1, 0.15) is 11.5 Å². The largest absolute Gasteiger partial charge is 0.466 e. The van der Waals surface area contributed by atoms with E-state index in [-0.39, 0.29) is 10.8 Å². The molecule has 3 rings (SSSR count). The van der Waals surface area contributed by atoms with Crippen LogP contribution in [0.15, 0.2) is 45.0 Å². The van der Waals surface area contributed by atoms with Gasteiger partial charge in [-0.3, -0.25) is 10.1 Å². The summed E-state index contributed by atoms with van der Waals surface area (Å²) in [6.45, 7) is 3.73. The molecule has 0 saturated heterocycles. The predicted molar refractivity (Wildman–Crippen MR) is 96.8 cm³/mol. The van der Waals surface area contributed by atoms with E-state index < -0.39 is 9.84 Å². The number of carbonyl (C=O) groups excluding carboxylic acids is 1. The van der Waals surface area contributed by atoms with E-state index in [1.54, 1.807) is 0 Å². The lowest BCUT2D eigenvalue weighted by Gasteiger charge is -2.03. The number of rotatable bonds is 4. The van der Waals surface area contributed by atoms with Gasteiger partial charge in [-0.25, -0.2) is 13.4 Å². The molecule has 0 saturated carbocycles. The topological polar surface area (TPSA) is 89.3 Å². The SMILES string of the molecule is Cc1cc(-c2csc(NC(=O)c3ccc(S(C)(=O)=O)cc3)n2)c(C)o1. The number of aromatic nitrogens is 1. The molecule has 0 fully saturated rings. The molecule has 6 nitrogen and oxygen atoms in total. The van der Waals surface area contributed by atoms with E-state index in [4.69, 9.17) is 4.42 Å². The fourth-order valence-corrected chi connectivity index (χ4v) is 3.70. The number of sulfone groups is 1. The second-order valence-electron chi connectivity index (χ2n) is 5.62. The Morgan fingerprint density at radius 2 is 1.88 bits per heavy atom. The summed E-state index contributed by atoms with van der Waals surface area (Å²) in [5, 5.41) is 5.03. The predicted octanol–water partition coefficient (Wildman–Crippen LogP) is 3.68. The quantitative estimate of drug-likeness (QED) is 0.750. The monoisotopic (exact) mass is 376 g/mol. The van der Waals surface area contributed by atoms with Gasteiger partial charge in [-0.15, -0.1) is 11.3 Å². The van der Waals surface area contributed by atoms with Crippen molar-refractivity contribution in [2.75, 3.05) is 11.6 Å². The summed E-state index contributed by atoms with van der Waals surface area (Å²) < 4.78 is 28.4. The maximum absolute atomic E-state index is 12.3. The molecule has 2 heterocycles. The number of thiazole rings is 1. The first-order valence-electron chi connectivity index (χ1n) is 7.38. The number of amides is 1. The summed E-state index contributed by atoms with van der Waals surface area (Å²) in [6, 6.07) is 7.68. The average Bonchev–Trinajstić information content (AvgIpc) is 3.12. The number of furan rings is 1. The zero-order chi connectivity index (χ0) is 18.2. The van der Waals surface area contributed by atoms with Crippen molar-refractivity contribution in [3.63, 3.8) is 0 Å². The van der Waals surface area contributed by atoms with Gasteiger partial charge in [-0.2, -0.15) is 0 Å². The normalized spacial score (nSPS) is 11.5. The molecule has 0 spiro atoms. The Morgan fingerprint density at radius 1 is 1.20 bits per heavy atom. The molecule has 1 amide bonds. The highest BCUT2D eigenvalue weighted by Crippen LogP contribution is 2.29. The Balaban J connectivity index is 1.77. The number of nitrogens with one attached hydrogen (secondary N) is 1. The lowest BCUT2D eigenvalue weighted by Crippen LogP contribution is -2.11. The minimum Gasteiger partial charge on any atom is -0.466 e. The van der Waals surface area contributed by atoms with E-state index in [1.165, 1.54) is 35.6 Å². The third-order valence-corrected chi connectivity index (χ3v) is 5.47. The Hall–Kier alpha value is -2.45. The third-order valence-electron chi connectivity index (χ3n) is 3.59. The summed E-state index contributed by atoms with van der Waals surface area (Å²) in [5.41, 5.74) is 1.99. The molecular weight excluding hydrogens is 360 g/mol. The van der Waals surface area contributed by atoms with Gasteiger partial charge in [0.25, 0.3) is 5.91 Å². The molecular formula is C17H16N2O4S2. The van der Waals surface area contributed by atoms with Gasteiger partial charge in [-0.1, -0.05) is 0 Å². The van der Waals surface area contributed by atoms with Crippen LogP contribution in [0.5, 0.6) is 0 Å². The highest BCUT2D eigenvalue weighted by Gasteiger charge is 2.14.